The van der Waals surface area contributed by atoms with Crippen LogP contribution in [0, 0.1) is 0 Å². The molecule has 9 heteroatoms. The van der Waals surface area contributed by atoms with Gasteiger partial charge >= 0.3 is 0 Å². The standard InChI is InChI=1S/C20H18Cl2N2O2S3/c21-14-7-4-8-15(18(14)22)23-17(25)9-2-1-3-10-24-19(26)16(29-20(24)27)12-13-6-5-11-28-13/h4-8,11-12H,1-3,9-10H2,(H,23,25). The first kappa shape index (κ1) is 22.3. The molecular weight excluding hydrogens is 467 g/mol. The minimum absolute atomic E-state index is 0.0401. The van der Waals surface area contributed by atoms with Gasteiger partial charge in [-0.05, 0) is 42.5 Å². The number of hydrogen-bond acceptors (Lipinski definition) is 5. The molecule has 1 saturated heterocycles. The van der Waals surface area contributed by atoms with Crippen LogP contribution in [0.3, 0.4) is 0 Å². The van der Waals surface area contributed by atoms with Crippen LogP contribution in [0.2, 0.25) is 10.0 Å². The van der Waals surface area contributed by atoms with E-state index in [1.165, 1.54) is 11.8 Å². The van der Waals surface area contributed by atoms with E-state index in [-0.39, 0.29) is 11.8 Å². The van der Waals surface area contributed by atoms with E-state index in [1.54, 1.807) is 34.4 Å². The van der Waals surface area contributed by atoms with Crippen molar-refractivity contribution in [2.24, 2.45) is 0 Å². The number of thiophene rings is 1. The van der Waals surface area contributed by atoms with Gasteiger partial charge in [-0.3, -0.25) is 14.5 Å². The Balaban J connectivity index is 1.40. The quantitative estimate of drug-likeness (QED) is 0.265. The second-order valence-electron chi connectivity index (χ2n) is 6.31. The van der Waals surface area contributed by atoms with Crippen LogP contribution in [-0.2, 0) is 9.59 Å². The average Bonchev–Trinajstić information content (AvgIpc) is 3.28. The number of carbonyl (C=O) groups is 2. The molecule has 3 rings (SSSR count). The first-order valence-corrected chi connectivity index (χ1v) is 11.8. The molecule has 0 saturated carbocycles. The molecule has 0 spiro atoms. The lowest BCUT2D eigenvalue weighted by Gasteiger charge is -2.14. The van der Waals surface area contributed by atoms with E-state index in [2.05, 4.69) is 5.32 Å². The number of thiocarbonyl (C=S) groups is 1. The molecule has 1 aromatic carbocycles. The first-order chi connectivity index (χ1) is 14.0. The lowest BCUT2D eigenvalue weighted by Crippen LogP contribution is -2.29. The predicted octanol–water partition coefficient (Wildman–Crippen LogP) is 6.46. The molecule has 1 aromatic heterocycles. The summed E-state index contributed by atoms with van der Waals surface area (Å²) in [5.41, 5.74) is 0.513. The molecule has 2 amide bonds. The molecule has 0 atom stereocenters. The summed E-state index contributed by atoms with van der Waals surface area (Å²) in [6.45, 7) is 0.564. The Labute approximate surface area is 193 Å². The largest absolute Gasteiger partial charge is 0.325 e. The number of nitrogens with one attached hydrogen (secondary N) is 1. The van der Waals surface area contributed by atoms with Crippen molar-refractivity contribution in [2.75, 3.05) is 11.9 Å². The Kier molecular flexibility index (Phi) is 8.15. The van der Waals surface area contributed by atoms with Crippen LogP contribution in [0.1, 0.15) is 30.6 Å². The van der Waals surface area contributed by atoms with E-state index in [9.17, 15) is 9.59 Å². The number of anilines is 1. The molecular formula is C20H18Cl2N2O2S3. The number of nitrogens with zero attached hydrogens (tertiary/aromatic N) is 1. The first-order valence-electron chi connectivity index (χ1n) is 8.98. The minimum Gasteiger partial charge on any atom is -0.325 e. The molecule has 0 aliphatic carbocycles. The molecule has 152 valence electrons. The second-order valence-corrected chi connectivity index (χ2v) is 9.75. The maximum absolute atomic E-state index is 12.5. The van der Waals surface area contributed by atoms with Crippen LogP contribution < -0.4 is 5.32 Å². The maximum Gasteiger partial charge on any atom is 0.266 e. The van der Waals surface area contributed by atoms with Crippen molar-refractivity contribution in [1.29, 1.82) is 0 Å². The molecule has 4 nitrogen and oxygen atoms in total. The lowest BCUT2D eigenvalue weighted by atomic mass is 10.1. The highest BCUT2D eigenvalue weighted by molar-refractivity contribution is 8.26. The second kappa shape index (κ2) is 10.6. The smallest absolute Gasteiger partial charge is 0.266 e. The zero-order valence-electron chi connectivity index (χ0n) is 15.3. The fourth-order valence-electron chi connectivity index (χ4n) is 2.74. The van der Waals surface area contributed by atoms with E-state index in [1.807, 2.05) is 23.6 Å². The van der Waals surface area contributed by atoms with Crippen molar-refractivity contribution in [2.45, 2.75) is 25.7 Å². The van der Waals surface area contributed by atoms with Crippen molar-refractivity contribution in [3.63, 3.8) is 0 Å². The fraction of sp³-hybridized carbons (Fsp3) is 0.250. The fourth-order valence-corrected chi connectivity index (χ4v) is 5.12. The summed E-state index contributed by atoms with van der Waals surface area (Å²) in [5.74, 6) is -0.152. The van der Waals surface area contributed by atoms with Gasteiger partial charge in [0.05, 0.1) is 20.6 Å². The predicted molar refractivity (Wildman–Crippen MR) is 128 cm³/mol. The van der Waals surface area contributed by atoms with Crippen molar-refractivity contribution in [3.05, 3.63) is 55.5 Å². The van der Waals surface area contributed by atoms with Gasteiger partial charge in [0, 0.05) is 17.8 Å². The van der Waals surface area contributed by atoms with Gasteiger partial charge in [-0.2, -0.15) is 0 Å². The number of thioether (sulfide) groups is 1. The van der Waals surface area contributed by atoms with E-state index in [0.717, 1.165) is 17.7 Å². The number of carbonyl (C=O) groups excluding carboxylic acids is 2. The average molecular weight is 485 g/mol. The molecule has 1 fully saturated rings. The lowest BCUT2D eigenvalue weighted by molar-refractivity contribution is -0.122. The number of rotatable bonds is 8. The zero-order chi connectivity index (χ0) is 20.8. The van der Waals surface area contributed by atoms with Crippen molar-refractivity contribution < 1.29 is 9.59 Å². The summed E-state index contributed by atoms with van der Waals surface area (Å²) >= 11 is 20.3. The highest BCUT2D eigenvalue weighted by Gasteiger charge is 2.31. The van der Waals surface area contributed by atoms with Crippen LogP contribution >= 0.6 is 58.5 Å². The topological polar surface area (TPSA) is 49.4 Å². The summed E-state index contributed by atoms with van der Waals surface area (Å²) in [4.78, 5) is 28.0. The molecule has 0 unspecified atom stereocenters. The molecule has 0 bridgehead atoms. The summed E-state index contributed by atoms with van der Waals surface area (Å²) in [6.07, 6.45) is 4.57. The van der Waals surface area contributed by atoms with Gasteiger partial charge < -0.3 is 5.32 Å². The third-order valence-electron chi connectivity index (χ3n) is 4.20. The Morgan fingerprint density at radius 3 is 2.76 bits per heavy atom. The van der Waals surface area contributed by atoms with Crippen LogP contribution in [0.25, 0.3) is 6.08 Å². The van der Waals surface area contributed by atoms with Crippen molar-refractivity contribution in [3.8, 4) is 0 Å². The molecule has 0 radical (unpaired) electrons. The van der Waals surface area contributed by atoms with Gasteiger partial charge in [0.2, 0.25) is 5.91 Å². The van der Waals surface area contributed by atoms with Gasteiger partial charge in [0.25, 0.3) is 5.91 Å². The summed E-state index contributed by atoms with van der Waals surface area (Å²) in [5, 5.41) is 5.49. The van der Waals surface area contributed by atoms with Gasteiger partial charge in [-0.15, -0.1) is 11.3 Å². The summed E-state index contributed by atoms with van der Waals surface area (Å²) in [7, 11) is 0. The van der Waals surface area contributed by atoms with Crippen LogP contribution in [-0.4, -0.2) is 27.6 Å². The Hall–Kier alpha value is -1.38. The molecule has 1 aliphatic heterocycles. The third kappa shape index (κ3) is 6.06. The number of unbranched alkanes of at least 4 members (excludes halogenated alkanes) is 2. The van der Waals surface area contributed by atoms with E-state index >= 15 is 0 Å². The molecule has 2 aromatic rings. The highest BCUT2D eigenvalue weighted by atomic mass is 35.5. The zero-order valence-corrected chi connectivity index (χ0v) is 19.3. The maximum atomic E-state index is 12.5. The molecule has 1 aliphatic rings. The van der Waals surface area contributed by atoms with Crippen LogP contribution in [0.15, 0.2) is 40.6 Å². The number of amides is 2. The number of benzene rings is 1. The molecule has 2 heterocycles. The SMILES string of the molecule is O=C(CCCCCN1C(=O)C(=Cc2cccs2)SC1=S)Nc1cccc(Cl)c1Cl. The van der Waals surface area contributed by atoms with Crippen molar-refractivity contribution in [1.82, 2.24) is 4.90 Å². The van der Waals surface area contributed by atoms with Gasteiger partial charge in [0.1, 0.15) is 4.32 Å². The Bertz CT molecular complexity index is 945. The van der Waals surface area contributed by atoms with Gasteiger partial charge in [-0.25, -0.2) is 0 Å². The monoisotopic (exact) mass is 484 g/mol. The van der Waals surface area contributed by atoms with Crippen molar-refractivity contribution >= 4 is 86.4 Å². The Morgan fingerprint density at radius 2 is 2.00 bits per heavy atom. The molecule has 1 N–H and O–H groups in total. The highest BCUT2D eigenvalue weighted by Crippen LogP contribution is 2.33. The van der Waals surface area contributed by atoms with Gasteiger partial charge in [0.15, 0.2) is 0 Å². The minimum atomic E-state index is -0.112. The van der Waals surface area contributed by atoms with Crippen LogP contribution in [0.5, 0.6) is 0 Å². The van der Waals surface area contributed by atoms with E-state index in [4.69, 9.17) is 35.4 Å². The van der Waals surface area contributed by atoms with E-state index < -0.39 is 0 Å². The number of hydrogen-bond donors (Lipinski definition) is 1. The summed E-state index contributed by atoms with van der Waals surface area (Å²) in [6, 6.07) is 9.04. The third-order valence-corrected chi connectivity index (χ3v) is 7.22. The number of halogens is 2. The molecule has 29 heavy (non-hydrogen) atoms. The normalized spacial score (nSPS) is 15.4. The van der Waals surface area contributed by atoms with Crippen LogP contribution in [0.4, 0.5) is 5.69 Å². The van der Waals surface area contributed by atoms with E-state index in [0.29, 0.717) is 44.3 Å². The Morgan fingerprint density at radius 1 is 1.17 bits per heavy atom. The summed E-state index contributed by atoms with van der Waals surface area (Å²) < 4.78 is 0.589. The van der Waals surface area contributed by atoms with Gasteiger partial charge in [-0.1, -0.05) is 65.7 Å².